The van der Waals surface area contributed by atoms with Crippen molar-refractivity contribution >= 4 is 29.1 Å². The van der Waals surface area contributed by atoms with Crippen LogP contribution in [-0.2, 0) is 17.6 Å². The SMILES string of the molecule is COc1ccc(CCNC(=O)c2ccccc2NC(=O)Cc2c(F)cccc2Cl)cc1. The van der Waals surface area contributed by atoms with Gasteiger partial charge in [-0.25, -0.2) is 4.39 Å². The van der Waals surface area contributed by atoms with E-state index in [1.165, 1.54) is 18.2 Å². The molecular formula is C24H22ClFN2O3. The van der Waals surface area contributed by atoms with Gasteiger partial charge in [-0.15, -0.1) is 0 Å². The van der Waals surface area contributed by atoms with E-state index in [0.717, 1.165) is 11.3 Å². The van der Waals surface area contributed by atoms with Gasteiger partial charge < -0.3 is 15.4 Å². The summed E-state index contributed by atoms with van der Waals surface area (Å²) in [4.78, 5) is 25.1. The Morgan fingerprint density at radius 1 is 1.00 bits per heavy atom. The number of amides is 2. The highest BCUT2D eigenvalue weighted by atomic mass is 35.5. The summed E-state index contributed by atoms with van der Waals surface area (Å²) in [5, 5.41) is 5.71. The van der Waals surface area contributed by atoms with E-state index in [2.05, 4.69) is 10.6 Å². The standard InChI is InChI=1S/C24H22ClFN2O3/c1-31-17-11-9-16(10-12-17)13-14-27-24(30)18-5-2-3-8-22(18)28-23(29)15-19-20(25)6-4-7-21(19)26/h2-12H,13-15H2,1H3,(H,27,30)(H,28,29). The van der Waals surface area contributed by atoms with Gasteiger partial charge >= 0.3 is 0 Å². The Hall–Kier alpha value is -3.38. The summed E-state index contributed by atoms with van der Waals surface area (Å²) in [6.45, 7) is 0.429. The van der Waals surface area contributed by atoms with Gasteiger partial charge in [0.1, 0.15) is 11.6 Å². The van der Waals surface area contributed by atoms with Gasteiger partial charge in [-0.3, -0.25) is 9.59 Å². The molecule has 3 aromatic carbocycles. The summed E-state index contributed by atoms with van der Waals surface area (Å²) in [5.74, 6) is -0.555. The maximum atomic E-state index is 13.9. The van der Waals surface area contributed by atoms with Gasteiger partial charge in [0.05, 0.1) is 24.8 Å². The number of benzene rings is 3. The van der Waals surface area contributed by atoms with Crippen molar-refractivity contribution in [2.75, 3.05) is 19.0 Å². The lowest BCUT2D eigenvalue weighted by Gasteiger charge is -2.12. The minimum Gasteiger partial charge on any atom is -0.497 e. The smallest absolute Gasteiger partial charge is 0.253 e. The number of ether oxygens (including phenoxy) is 1. The molecule has 5 nitrogen and oxygen atoms in total. The molecule has 160 valence electrons. The van der Waals surface area contributed by atoms with E-state index in [-0.39, 0.29) is 22.9 Å². The lowest BCUT2D eigenvalue weighted by Crippen LogP contribution is -2.27. The fraction of sp³-hybridized carbons (Fsp3) is 0.167. The Morgan fingerprint density at radius 2 is 1.74 bits per heavy atom. The second-order valence-electron chi connectivity index (χ2n) is 6.82. The zero-order valence-electron chi connectivity index (χ0n) is 17.0. The first-order valence-corrected chi connectivity index (χ1v) is 10.1. The van der Waals surface area contributed by atoms with Crippen LogP contribution in [-0.4, -0.2) is 25.5 Å². The summed E-state index contributed by atoms with van der Waals surface area (Å²) in [6, 6.07) is 18.5. The molecule has 0 fully saturated rings. The third-order valence-electron chi connectivity index (χ3n) is 4.70. The quantitative estimate of drug-likeness (QED) is 0.536. The number of rotatable bonds is 8. The Morgan fingerprint density at radius 3 is 2.45 bits per heavy atom. The van der Waals surface area contributed by atoms with E-state index in [4.69, 9.17) is 16.3 Å². The van der Waals surface area contributed by atoms with Gasteiger partial charge in [0, 0.05) is 17.1 Å². The van der Waals surface area contributed by atoms with Crippen molar-refractivity contribution in [2.45, 2.75) is 12.8 Å². The zero-order valence-corrected chi connectivity index (χ0v) is 17.7. The third kappa shape index (κ3) is 6.06. The molecule has 0 radical (unpaired) electrons. The van der Waals surface area contributed by atoms with Crippen LogP contribution in [0.5, 0.6) is 5.75 Å². The highest BCUT2D eigenvalue weighted by Gasteiger charge is 2.16. The van der Waals surface area contributed by atoms with Crippen LogP contribution in [0.3, 0.4) is 0 Å². The molecule has 2 N–H and O–H groups in total. The van der Waals surface area contributed by atoms with Crippen LogP contribution >= 0.6 is 11.6 Å². The van der Waals surface area contributed by atoms with Gasteiger partial charge in [0.15, 0.2) is 0 Å². The highest BCUT2D eigenvalue weighted by Crippen LogP contribution is 2.21. The molecule has 2 amide bonds. The monoisotopic (exact) mass is 440 g/mol. The summed E-state index contributed by atoms with van der Waals surface area (Å²) in [6.07, 6.45) is 0.412. The van der Waals surface area contributed by atoms with Crippen molar-refractivity contribution in [1.29, 1.82) is 0 Å². The molecule has 7 heteroatoms. The molecule has 0 atom stereocenters. The molecule has 0 unspecified atom stereocenters. The minimum absolute atomic E-state index is 0.114. The molecule has 0 aliphatic heterocycles. The van der Waals surface area contributed by atoms with Crippen LogP contribution in [0.1, 0.15) is 21.5 Å². The average Bonchev–Trinajstić information content (AvgIpc) is 2.77. The van der Waals surface area contributed by atoms with Crippen LogP contribution in [0.15, 0.2) is 66.7 Å². The average molecular weight is 441 g/mol. The Balaban J connectivity index is 1.61. The summed E-state index contributed by atoms with van der Waals surface area (Å²) in [5.41, 5.74) is 1.85. The largest absolute Gasteiger partial charge is 0.497 e. The Labute approximate surface area is 185 Å². The molecule has 0 aliphatic rings. The van der Waals surface area contributed by atoms with E-state index < -0.39 is 11.7 Å². The maximum absolute atomic E-state index is 13.9. The van der Waals surface area contributed by atoms with Crippen molar-refractivity contribution in [3.05, 3.63) is 94.3 Å². The number of nitrogens with one attached hydrogen (secondary N) is 2. The number of carbonyl (C=O) groups is 2. The number of hydrogen-bond donors (Lipinski definition) is 2. The summed E-state index contributed by atoms with van der Waals surface area (Å²) in [7, 11) is 1.61. The zero-order chi connectivity index (χ0) is 22.2. The van der Waals surface area contributed by atoms with E-state index >= 15 is 0 Å². The van der Waals surface area contributed by atoms with E-state index in [1.807, 2.05) is 24.3 Å². The fourth-order valence-electron chi connectivity index (χ4n) is 3.05. The van der Waals surface area contributed by atoms with Crippen LogP contribution in [0.4, 0.5) is 10.1 Å². The number of carbonyl (C=O) groups excluding carboxylic acids is 2. The molecule has 0 bridgehead atoms. The van der Waals surface area contributed by atoms with E-state index in [1.54, 1.807) is 31.4 Å². The highest BCUT2D eigenvalue weighted by molar-refractivity contribution is 6.31. The lowest BCUT2D eigenvalue weighted by atomic mass is 10.1. The Bertz CT molecular complexity index is 1050. The van der Waals surface area contributed by atoms with Gasteiger partial charge in [-0.05, 0) is 48.4 Å². The number of methoxy groups -OCH3 is 1. The number of anilines is 1. The first kappa shape index (κ1) is 22.3. The number of hydrogen-bond acceptors (Lipinski definition) is 3. The first-order valence-electron chi connectivity index (χ1n) is 9.71. The topological polar surface area (TPSA) is 67.4 Å². The third-order valence-corrected chi connectivity index (χ3v) is 5.06. The van der Waals surface area contributed by atoms with E-state index in [0.29, 0.717) is 24.2 Å². The first-order chi connectivity index (χ1) is 15.0. The molecule has 3 rings (SSSR count). The van der Waals surface area contributed by atoms with Crippen molar-refractivity contribution in [1.82, 2.24) is 5.32 Å². The number of halogens is 2. The Kier molecular flexibility index (Phi) is 7.62. The fourth-order valence-corrected chi connectivity index (χ4v) is 3.28. The van der Waals surface area contributed by atoms with Crippen molar-refractivity contribution in [3.63, 3.8) is 0 Å². The van der Waals surface area contributed by atoms with Crippen LogP contribution < -0.4 is 15.4 Å². The predicted octanol–water partition coefficient (Wildman–Crippen LogP) is 4.64. The van der Waals surface area contributed by atoms with Crippen molar-refractivity contribution in [2.24, 2.45) is 0 Å². The lowest BCUT2D eigenvalue weighted by molar-refractivity contribution is -0.115. The predicted molar refractivity (Wildman–Crippen MR) is 119 cm³/mol. The molecule has 0 saturated carbocycles. The van der Waals surface area contributed by atoms with Gasteiger partial charge in [0.2, 0.25) is 5.91 Å². The summed E-state index contributed by atoms with van der Waals surface area (Å²) < 4.78 is 19.1. The van der Waals surface area contributed by atoms with Crippen LogP contribution in [0.25, 0.3) is 0 Å². The normalized spacial score (nSPS) is 10.4. The molecule has 0 aliphatic carbocycles. The van der Waals surface area contributed by atoms with Crippen molar-refractivity contribution < 1.29 is 18.7 Å². The summed E-state index contributed by atoms with van der Waals surface area (Å²) >= 11 is 5.99. The van der Waals surface area contributed by atoms with Crippen LogP contribution in [0, 0.1) is 5.82 Å². The molecule has 3 aromatic rings. The second kappa shape index (κ2) is 10.6. The minimum atomic E-state index is -0.549. The molecule has 0 saturated heterocycles. The van der Waals surface area contributed by atoms with Gasteiger partial charge in [0.25, 0.3) is 5.91 Å². The molecular weight excluding hydrogens is 419 g/mol. The van der Waals surface area contributed by atoms with Crippen LogP contribution in [0.2, 0.25) is 5.02 Å². The molecule has 0 aromatic heterocycles. The van der Waals surface area contributed by atoms with Gasteiger partial charge in [-0.2, -0.15) is 0 Å². The van der Waals surface area contributed by atoms with Gasteiger partial charge in [-0.1, -0.05) is 41.9 Å². The van der Waals surface area contributed by atoms with E-state index in [9.17, 15) is 14.0 Å². The molecule has 0 heterocycles. The molecule has 31 heavy (non-hydrogen) atoms. The maximum Gasteiger partial charge on any atom is 0.253 e. The molecule has 0 spiro atoms. The second-order valence-corrected chi connectivity index (χ2v) is 7.23. The number of para-hydroxylation sites is 1. The van der Waals surface area contributed by atoms with Crippen molar-refractivity contribution in [3.8, 4) is 5.75 Å².